The van der Waals surface area contributed by atoms with Crippen LogP contribution >= 0.6 is 0 Å². The van der Waals surface area contributed by atoms with E-state index in [2.05, 4.69) is 68.9 Å². The number of rotatable bonds is 9. The highest BCUT2D eigenvalue weighted by molar-refractivity contribution is 5.74. The number of nitrogens with one attached hydrogen (secondary N) is 1. The van der Waals surface area contributed by atoms with E-state index in [1.807, 2.05) is 19.1 Å². The van der Waals surface area contributed by atoms with Crippen molar-refractivity contribution in [3.8, 4) is 0 Å². The predicted octanol–water partition coefficient (Wildman–Crippen LogP) is 5.06. The molecule has 2 nitrogen and oxygen atoms in total. The Bertz CT molecular complexity index is 541. The standard InChI is InChI=1S/C20H30N2/c1-8-17-15-18(11-12-19(17)16(4)5)21-13-14-22(10-3)20(6,7)9-2/h8-9,11-12,15,21H,1-2,4,10,13-14H2,3,5-7H3. The third-order valence-corrected chi connectivity index (χ3v) is 4.14. The van der Waals surface area contributed by atoms with Gasteiger partial charge in [0, 0.05) is 24.3 Å². The number of allylic oxidation sites excluding steroid dienone is 1. The monoisotopic (exact) mass is 298 g/mol. The summed E-state index contributed by atoms with van der Waals surface area (Å²) in [6.07, 6.45) is 3.89. The fourth-order valence-electron chi connectivity index (χ4n) is 2.55. The zero-order chi connectivity index (χ0) is 16.8. The van der Waals surface area contributed by atoms with Crippen molar-refractivity contribution in [2.75, 3.05) is 25.0 Å². The summed E-state index contributed by atoms with van der Waals surface area (Å²) in [6, 6.07) is 6.34. The fourth-order valence-corrected chi connectivity index (χ4v) is 2.55. The average Bonchev–Trinajstić information content (AvgIpc) is 2.50. The van der Waals surface area contributed by atoms with Gasteiger partial charge in [-0.05, 0) is 50.6 Å². The maximum Gasteiger partial charge on any atom is 0.0347 e. The lowest BCUT2D eigenvalue weighted by Crippen LogP contribution is -2.44. The lowest BCUT2D eigenvalue weighted by atomic mass is 10.0. The van der Waals surface area contributed by atoms with Gasteiger partial charge in [0.15, 0.2) is 0 Å². The molecule has 22 heavy (non-hydrogen) atoms. The molecular weight excluding hydrogens is 268 g/mol. The first kappa shape index (κ1) is 18.2. The lowest BCUT2D eigenvalue weighted by molar-refractivity contribution is 0.178. The molecule has 1 aromatic carbocycles. The minimum absolute atomic E-state index is 0.0204. The van der Waals surface area contributed by atoms with Crippen molar-refractivity contribution in [1.29, 1.82) is 0 Å². The van der Waals surface area contributed by atoms with E-state index in [9.17, 15) is 0 Å². The molecule has 2 heteroatoms. The molecule has 0 spiro atoms. The predicted molar refractivity (Wildman–Crippen MR) is 101 cm³/mol. The highest BCUT2D eigenvalue weighted by Gasteiger charge is 2.20. The summed E-state index contributed by atoms with van der Waals surface area (Å²) in [5.74, 6) is 0. The molecule has 0 aliphatic carbocycles. The van der Waals surface area contributed by atoms with Crippen LogP contribution in [0.15, 0.2) is 44.0 Å². The Morgan fingerprint density at radius 2 is 2.00 bits per heavy atom. The quantitative estimate of drug-likeness (QED) is 0.641. The van der Waals surface area contributed by atoms with Crippen LogP contribution in [-0.4, -0.2) is 30.1 Å². The molecule has 1 N–H and O–H groups in total. The van der Waals surface area contributed by atoms with E-state index in [0.29, 0.717) is 0 Å². The van der Waals surface area contributed by atoms with E-state index in [1.165, 1.54) is 0 Å². The summed E-state index contributed by atoms with van der Waals surface area (Å²) in [5, 5.41) is 3.49. The van der Waals surface area contributed by atoms with E-state index >= 15 is 0 Å². The number of hydrogen-bond acceptors (Lipinski definition) is 2. The summed E-state index contributed by atoms with van der Waals surface area (Å²) in [6.45, 7) is 23.3. The van der Waals surface area contributed by atoms with Gasteiger partial charge in [-0.25, -0.2) is 0 Å². The number of anilines is 1. The molecule has 0 amide bonds. The molecule has 1 aromatic rings. The van der Waals surface area contributed by atoms with E-state index in [4.69, 9.17) is 0 Å². The maximum atomic E-state index is 4.01. The van der Waals surface area contributed by atoms with Crippen molar-refractivity contribution in [3.05, 3.63) is 55.1 Å². The highest BCUT2D eigenvalue weighted by atomic mass is 15.2. The van der Waals surface area contributed by atoms with E-state index < -0.39 is 0 Å². The number of nitrogens with zero attached hydrogens (tertiary/aromatic N) is 1. The molecule has 1 rings (SSSR count). The number of benzene rings is 1. The third-order valence-electron chi connectivity index (χ3n) is 4.14. The molecule has 0 fully saturated rings. The Kier molecular flexibility index (Phi) is 6.63. The van der Waals surface area contributed by atoms with Crippen molar-refractivity contribution in [2.24, 2.45) is 0 Å². The van der Waals surface area contributed by atoms with Crippen LogP contribution in [0.3, 0.4) is 0 Å². The largest absolute Gasteiger partial charge is 0.384 e. The Morgan fingerprint density at radius 1 is 1.32 bits per heavy atom. The lowest BCUT2D eigenvalue weighted by Gasteiger charge is -2.35. The molecule has 120 valence electrons. The number of likely N-dealkylation sites (N-methyl/N-ethyl adjacent to an activating group) is 1. The van der Waals surface area contributed by atoms with Gasteiger partial charge < -0.3 is 5.32 Å². The van der Waals surface area contributed by atoms with Gasteiger partial charge >= 0.3 is 0 Å². The topological polar surface area (TPSA) is 15.3 Å². The Morgan fingerprint density at radius 3 is 2.50 bits per heavy atom. The van der Waals surface area contributed by atoms with Crippen LogP contribution in [0.25, 0.3) is 11.6 Å². The van der Waals surface area contributed by atoms with Crippen LogP contribution in [0.5, 0.6) is 0 Å². The van der Waals surface area contributed by atoms with Crippen LogP contribution < -0.4 is 5.32 Å². The van der Waals surface area contributed by atoms with Crippen LogP contribution in [0, 0.1) is 0 Å². The smallest absolute Gasteiger partial charge is 0.0347 e. The zero-order valence-corrected chi connectivity index (χ0v) is 14.6. The second-order valence-electron chi connectivity index (χ2n) is 6.15. The van der Waals surface area contributed by atoms with Gasteiger partial charge in [0.25, 0.3) is 0 Å². The first-order valence-electron chi connectivity index (χ1n) is 7.90. The van der Waals surface area contributed by atoms with Crippen LogP contribution in [-0.2, 0) is 0 Å². The molecule has 0 saturated heterocycles. The minimum atomic E-state index is 0.0204. The average molecular weight is 298 g/mol. The minimum Gasteiger partial charge on any atom is -0.384 e. The van der Waals surface area contributed by atoms with Gasteiger partial charge in [-0.2, -0.15) is 0 Å². The molecule has 0 bridgehead atoms. The molecular formula is C20H30N2. The SMILES string of the molecule is C=Cc1cc(NCCN(CC)C(C)(C)C=C)ccc1C(=C)C. The van der Waals surface area contributed by atoms with Crippen LogP contribution in [0.2, 0.25) is 0 Å². The molecule has 0 saturated carbocycles. The summed E-state index contributed by atoms with van der Waals surface area (Å²) in [7, 11) is 0. The van der Waals surface area contributed by atoms with Crippen molar-refractivity contribution < 1.29 is 0 Å². The van der Waals surface area contributed by atoms with Gasteiger partial charge in [-0.15, -0.1) is 6.58 Å². The molecule has 0 atom stereocenters. The first-order valence-corrected chi connectivity index (χ1v) is 7.90. The van der Waals surface area contributed by atoms with Gasteiger partial charge in [-0.1, -0.05) is 43.9 Å². The van der Waals surface area contributed by atoms with Gasteiger partial charge in [-0.3, -0.25) is 4.90 Å². The summed E-state index contributed by atoms with van der Waals surface area (Å²) in [5.41, 5.74) is 4.48. The zero-order valence-electron chi connectivity index (χ0n) is 14.6. The van der Waals surface area contributed by atoms with Gasteiger partial charge in [0.2, 0.25) is 0 Å². The normalized spacial score (nSPS) is 11.3. The maximum absolute atomic E-state index is 4.01. The second kappa shape index (κ2) is 8.00. The van der Waals surface area contributed by atoms with Gasteiger partial charge in [0.1, 0.15) is 0 Å². The summed E-state index contributed by atoms with van der Waals surface area (Å²) < 4.78 is 0. The molecule has 0 radical (unpaired) electrons. The van der Waals surface area contributed by atoms with Crippen molar-refractivity contribution in [3.63, 3.8) is 0 Å². The molecule has 0 unspecified atom stereocenters. The third kappa shape index (κ3) is 4.60. The van der Waals surface area contributed by atoms with E-state index in [-0.39, 0.29) is 5.54 Å². The summed E-state index contributed by atoms with van der Waals surface area (Å²) in [4.78, 5) is 2.41. The molecule has 0 aromatic heterocycles. The Hall–Kier alpha value is -1.80. The summed E-state index contributed by atoms with van der Waals surface area (Å²) >= 11 is 0. The number of hydrogen-bond donors (Lipinski definition) is 1. The van der Waals surface area contributed by atoms with Crippen LogP contribution in [0.1, 0.15) is 38.8 Å². The molecule has 0 heterocycles. The van der Waals surface area contributed by atoms with Crippen molar-refractivity contribution in [1.82, 2.24) is 4.90 Å². The highest BCUT2D eigenvalue weighted by Crippen LogP contribution is 2.22. The Balaban J connectivity index is 2.71. The fraction of sp³-hybridized carbons (Fsp3) is 0.400. The van der Waals surface area contributed by atoms with E-state index in [0.717, 1.165) is 42.0 Å². The van der Waals surface area contributed by atoms with Crippen molar-refractivity contribution in [2.45, 2.75) is 33.2 Å². The second-order valence-corrected chi connectivity index (χ2v) is 6.15. The Labute approximate surface area is 136 Å². The van der Waals surface area contributed by atoms with Gasteiger partial charge in [0.05, 0.1) is 0 Å². The molecule has 0 aliphatic heterocycles. The molecule has 0 aliphatic rings. The van der Waals surface area contributed by atoms with Crippen molar-refractivity contribution >= 4 is 17.3 Å². The van der Waals surface area contributed by atoms with E-state index in [1.54, 1.807) is 0 Å². The van der Waals surface area contributed by atoms with Crippen LogP contribution in [0.4, 0.5) is 5.69 Å². The first-order chi connectivity index (χ1) is 10.4.